The standard InChI is InChI=1S/C83H162O17P2/c1-6-9-12-15-18-21-23-25-26-27-28-29-33-36-40-43-47-52-57-62-67-81(86)94-73-79(100-83(88)69-64-59-54-49-45-41-37-34-31-30-32-35-39-42-46-50-55-60-65-76(4)5)75-98-102(91,92)96-71-77(84)70-95-101(89,90)97-74-78(72-93-80(85)66-61-56-51-20-17-14-11-8-3)99-82(87)68-63-58-53-48-44-38-24-22-19-16-13-10-7-2/h76-79,84H,6-75H2,1-5H3,(H,89,90)(H,91,92)/t77-,78+,79+/m0/s1. The van der Waals surface area contributed by atoms with Gasteiger partial charge in [0, 0.05) is 25.7 Å². The minimum absolute atomic E-state index is 0.108. The second-order valence-corrected chi connectivity index (χ2v) is 33.3. The van der Waals surface area contributed by atoms with Crippen molar-refractivity contribution < 1.29 is 80.2 Å². The molecule has 0 aliphatic carbocycles. The summed E-state index contributed by atoms with van der Waals surface area (Å²) in [5, 5.41) is 10.6. The van der Waals surface area contributed by atoms with Gasteiger partial charge in [0.15, 0.2) is 12.2 Å². The quantitative estimate of drug-likeness (QED) is 0.0222. The van der Waals surface area contributed by atoms with Crippen molar-refractivity contribution in [1.29, 1.82) is 0 Å². The van der Waals surface area contributed by atoms with E-state index in [-0.39, 0.29) is 25.7 Å². The van der Waals surface area contributed by atoms with Gasteiger partial charge in [-0.1, -0.05) is 394 Å². The highest BCUT2D eigenvalue weighted by Gasteiger charge is 2.30. The predicted molar refractivity (Wildman–Crippen MR) is 418 cm³/mol. The summed E-state index contributed by atoms with van der Waals surface area (Å²) in [4.78, 5) is 73.0. The molecule has 0 amide bonds. The first-order chi connectivity index (χ1) is 49.5. The van der Waals surface area contributed by atoms with Gasteiger partial charge in [-0.05, 0) is 31.6 Å². The van der Waals surface area contributed by atoms with Crippen LogP contribution in [0.2, 0.25) is 0 Å². The summed E-state index contributed by atoms with van der Waals surface area (Å²) in [5.74, 6) is -1.29. The molecule has 3 N–H and O–H groups in total. The molecular weight excluding hydrogens is 1330 g/mol. The molecule has 606 valence electrons. The summed E-state index contributed by atoms with van der Waals surface area (Å²) in [6, 6.07) is 0. The number of esters is 4. The smallest absolute Gasteiger partial charge is 0.462 e. The number of unbranched alkanes of at least 4 members (excludes halogenated alkanes) is 55. The van der Waals surface area contributed by atoms with Gasteiger partial charge >= 0.3 is 39.5 Å². The molecule has 0 aromatic rings. The van der Waals surface area contributed by atoms with Crippen molar-refractivity contribution in [3.05, 3.63) is 0 Å². The van der Waals surface area contributed by atoms with Crippen molar-refractivity contribution >= 4 is 39.5 Å². The van der Waals surface area contributed by atoms with Gasteiger partial charge in [-0.25, -0.2) is 9.13 Å². The Morgan fingerprint density at radius 3 is 0.667 bits per heavy atom. The summed E-state index contributed by atoms with van der Waals surface area (Å²) in [6.45, 7) is 7.35. The lowest BCUT2D eigenvalue weighted by atomic mass is 10.0. The third-order valence-corrected chi connectivity index (χ3v) is 21.4. The number of rotatable bonds is 83. The fourth-order valence-corrected chi connectivity index (χ4v) is 14.5. The van der Waals surface area contributed by atoms with Crippen molar-refractivity contribution in [3.8, 4) is 0 Å². The monoisotopic (exact) mass is 1490 g/mol. The molecular formula is C83H162O17P2. The number of phosphoric ester groups is 2. The van der Waals surface area contributed by atoms with Gasteiger partial charge in [0.2, 0.25) is 0 Å². The van der Waals surface area contributed by atoms with Crippen LogP contribution < -0.4 is 0 Å². The first-order valence-corrected chi connectivity index (χ1v) is 46.1. The Morgan fingerprint density at radius 2 is 0.451 bits per heavy atom. The van der Waals surface area contributed by atoms with Crippen LogP contribution in [0.5, 0.6) is 0 Å². The van der Waals surface area contributed by atoms with Gasteiger partial charge in [-0.3, -0.25) is 37.3 Å². The minimum Gasteiger partial charge on any atom is -0.462 e. The minimum atomic E-state index is -4.96. The molecule has 102 heavy (non-hydrogen) atoms. The lowest BCUT2D eigenvalue weighted by Crippen LogP contribution is -2.30. The molecule has 0 aliphatic heterocycles. The molecule has 0 rings (SSSR count). The first-order valence-electron chi connectivity index (χ1n) is 43.1. The number of aliphatic hydroxyl groups excluding tert-OH is 1. The van der Waals surface area contributed by atoms with Gasteiger partial charge in [0.05, 0.1) is 26.4 Å². The van der Waals surface area contributed by atoms with E-state index in [9.17, 15) is 43.2 Å². The van der Waals surface area contributed by atoms with Crippen LogP contribution in [0.25, 0.3) is 0 Å². The van der Waals surface area contributed by atoms with E-state index in [0.29, 0.717) is 25.7 Å². The van der Waals surface area contributed by atoms with Crippen molar-refractivity contribution in [2.75, 3.05) is 39.6 Å². The molecule has 0 saturated carbocycles. The Bertz CT molecular complexity index is 1940. The highest BCUT2D eigenvalue weighted by atomic mass is 31.2. The fraction of sp³-hybridized carbons (Fsp3) is 0.952. The van der Waals surface area contributed by atoms with Crippen molar-refractivity contribution in [2.45, 2.75) is 464 Å². The average molecular weight is 1490 g/mol. The maximum atomic E-state index is 13.1. The summed E-state index contributed by atoms with van der Waals surface area (Å²) >= 11 is 0. The van der Waals surface area contributed by atoms with E-state index < -0.39 is 97.5 Å². The van der Waals surface area contributed by atoms with E-state index in [0.717, 1.165) is 102 Å². The van der Waals surface area contributed by atoms with Crippen LogP contribution in [-0.2, 0) is 65.4 Å². The molecule has 0 saturated heterocycles. The third-order valence-electron chi connectivity index (χ3n) is 19.5. The van der Waals surface area contributed by atoms with Crippen molar-refractivity contribution in [3.63, 3.8) is 0 Å². The Hall–Kier alpha value is -1.94. The normalized spacial score (nSPS) is 13.8. The lowest BCUT2D eigenvalue weighted by Gasteiger charge is -2.21. The molecule has 0 spiro atoms. The Morgan fingerprint density at radius 1 is 0.265 bits per heavy atom. The van der Waals surface area contributed by atoms with Crippen LogP contribution in [0.1, 0.15) is 446 Å². The molecule has 0 aromatic carbocycles. The third kappa shape index (κ3) is 76.3. The Kier molecular flexibility index (Phi) is 74.4. The van der Waals surface area contributed by atoms with Gasteiger partial charge in [-0.2, -0.15) is 0 Å². The Labute approximate surface area is 626 Å². The molecule has 2 unspecified atom stereocenters. The second-order valence-electron chi connectivity index (χ2n) is 30.3. The average Bonchev–Trinajstić information content (AvgIpc) is 0.922. The zero-order valence-corrected chi connectivity index (χ0v) is 68.5. The summed E-state index contributed by atoms with van der Waals surface area (Å²) in [5.41, 5.74) is 0. The van der Waals surface area contributed by atoms with E-state index in [4.69, 9.17) is 37.0 Å². The van der Waals surface area contributed by atoms with E-state index >= 15 is 0 Å². The molecule has 19 heteroatoms. The number of ether oxygens (including phenoxy) is 4. The predicted octanol–water partition coefficient (Wildman–Crippen LogP) is 25.2. The lowest BCUT2D eigenvalue weighted by molar-refractivity contribution is -0.161. The van der Waals surface area contributed by atoms with Crippen LogP contribution in [0.3, 0.4) is 0 Å². The van der Waals surface area contributed by atoms with Crippen molar-refractivity contribution in [2.24, 2.45) is 5.92 Å². The summed E-state index contributed by atoms with van der Waals surface area (Å²) in [7, 11) is -9.92. The van der Waals surface area contributed by atoms with Gasteiger partial charge in [0.1, 0.15) is 19.3 Å². The van der Waals surface area contributed by atoms with Gasteiger partial charge in [-0.15, -0.1) is 0 Å². The highest BCUT2D eigenvalue weighted by molar-refractivity contribution is 7.47. The molecule has 17 nitrogen and oxygen atoms in total. The van der Waals surface area contributed by atoms with E-state index in [1.807, 2.05) is 0 Å². The molecule has 0 radical (unpaired) electrons. The van der Waals surface area contributed by atoms with E-state index in [1.54, 1.807) is 0 Å². The SMILES string of the molecule is CCCCCCCCCCCCCCCCCCCCCCC(=O)OC[C@H](COP(=O)(O)OC[C@@H](O)COP(=O)(O)OC[C@@H](COC(=O)CCCCCCCCCC)OC(=O)CCCCCCCCCCCCCCC)OC(=O)CCCCCCCCCCCCCCCCCCCCC(C)C. The number of aliphatic hydroxyl groups is 1. The fourth-order valence-electron chi connectivity index (χ4n) is 12.9. The van der Waals surface area contributed by atoms with Gasteiger partial charge < -0.3 is 33.8 Å². The Balaban J connectivity index is 5.17. The van der Waals surface area contributed by atoms with Crippen molar-refractivity contribution in [1.82, 2.24) is 0 Å². The maximum absolute atomic E-state index is 13.1. The topological polar surface area (TPSA) is 237 Å². The van der Waals surface area contributed by atoms with Crippen LogP contribution in [-0.4, -0.2) is 96.7 Å². The zero-order chi connectivity index (χ0) is 74.8. The van der Waals surface area contributed by atoms with Crippen LogP contribution >= 0.6 is 15.6 Å². The van der Waals surface area contributed by atoms with E-state index in [1.165, 1.54) is 263 Å². The zero-order valence-electron chi connectivity index (χ0n) is 66.8. The number of hydrogen-bond donors (Lipinski definition) is 3. The second kappa shape index (κ2) is 75.9. The molecule has 0 aromatic heterocycles. The van der Waals surface area contributed by atoms with Crippen LogP contribution in [0, 0.1) is 5.92 Å². The molecule has 0 fully saturated rings. The largest absolute Gasteiger partial charge is 0.472 e. The molecule has 0 aliphatic rings. The molecule has 5 atom stereocenters. The van der Waals surface area contributed by atoms with Crippen LogP contribution in [0.4, 0.5) is 0 Å². The summed E-state index contributed by atoms with van der Waals surface area (Å²) in [6.07, 6.45) is 68.2. The number of carbonyl (C=O) groups is 4. The maximum Gasteiger partial charge on any atom is 0.472 e. The van der Waals surface area contributed by atoms with E-state index in [2.05, 4.69) is 34.6 Å². The molecule has 0 heterocycles. The van der Waals surface area contributed by atoms with Gasteiger partial charge in [0.25, 0.3) is 0 Å². The number of carbonyl (C=O) groups excluding carboxylic acids is 4. The van der Waals surface area contributed by atoms with Crippen LogP contribution in [0.15, 0.2) is 0 Å². The summed E-state index contributed by atoms with van der Waals surface area (Å²) < 4.78 is 68.7. The molecule has 0 bridgehead atoms. The number of hydrogen-bond acceptors (Lipinski definition) is 15. The number of phosphoric acid groups is 2. The first kappa shape index (κ1) is 100. The highest BCUT2D eigenvalue weighted by Crippen LogP contribution is 2.45.